The Balaban J connectivity index is 1.74. The van der Waals surface area contributed by atoms with E-state index in [2.05, 4.69) is 5.32 Å². The molecule has 0 bridgehead atoms. The monoisotopic (exact) mass is 440 g/mol. The van der Waals surface area contributed by atoms with Crippen molar-refractivity contribution in [3.05, 3.63) is 47.5 Å². The molecule has 0 aromatic heterocycles. The quantitative estimate of drug-likeness (QED) is 0.524. The van der Waals surface area contributed by atoms with E-state index in [1.165, 1.54) is 34.3 Å². The van der Waals surface area contributed by atoms with Crippen molar-refractivity contribution in [3.63, 3.8) is 0 Å². The molecule has 0 saturated carbocycles. The number of hydrogen-bond acceptors (Lipinski definition) is 5. The average Bonchev–Trinajstić information content (AvgIpc) is 3.20. The smallest absolute Gasteiger partial charge is 0.243 e. The largest absolute Gasteiger partial charge is 0.506 e. The second kappa shape index (κ2) is 8.73. The number of hydrogen-bond donors (Lipinski definition) is 2. The van der Waals surface area contributed by atoms with Crippen molar-refractivity contribution in [2.45, 2.75) is 34.8 Å². The van der Waals surface area contributed by atoms with Gasteiger partial charge in [0.25, 0.3) is 0 Å². The van der Waals surface area contributed by atoms with Crippen molar-refractivity contribution in [2.75, 3.05) is 18.4 Å². The lowest BCUT2D eigenvalue weighted by Gasteiger charge is -2.17. The van der Waals surface area contributed by atoms with Gasteiger partial charge in [0.15, 0.2) is 0 Å². The van der Waals surface area contributed by atoms with E-state index in [1.54, 1.807) is 19.1 Å². The summed E-state index contributed by atoms with van der Waals surface area (Å²) in [4.78, 5) is 13.5. The fraction of sp³-hybridized carbons (Fsp3) is 0.316. The van der Waals surface area contributed by atoms with E-state index in [9.17, 15) is 18.3 Å². The second-order valence-corrected chi connectivity index (χ2v) is 10.3. The lowest BCUT2D eigenvalue weighted by Crippen LogP contribution is -2.28. The molecule has 150 valence electrons. The number of halogens is 1. The van der Waals surface area contributed by atoms with Crippen molar-refractivity contribution >= 4 is 45.0 Å². The predicted octanol–water partition coefficient (Wildman–Crippen LogP) is 3.95. The van der Waals surface area contributed by atoms with Gasteiger partial charge in [-0.25, -0.2) is 8.42 Å². The summed E-state index contributed by atoms with van der Waals surface area (Å²) in [5.41, 5.74) is 0.0776. The van der Waals surface area contributed by atoms with Crippen LogP contribution in [0.25, 0.3) is 0 Å². The molecule has 0 radical (unpaired) electrons. The van der Waals surface area contributed by atoms with Gasteiger partial charge in [0.05, 0.1) is 15.8 Å². The van der Waals surface area contributed by atoms with E-state index >= 15 is 0 Å². The molecular weight excluding hydrogens is 420 g/mol. The molecule has 1 heterocycles. The molecule has 1 saturated heterocycles. The van der Waals surface area contributed by atoms with Crippen molar-refractivity contribution in [1.82, 2.24) is 4.31 Å². The van der Waals surface area contributed by atoms with Gasteiger partial charge in [0.2, 0.25) is 15.9 Å². The van der Waals surface area contributed by atoms with Crippen molar-refractivity contribution in [3.8, 4) is 5.75 Å². The molecule has 1 aliphatic rings. The standard InChI is InChI=1S/C19H21ClN2O4S2/c1-13(27-15-6-4-14(20)5-7-15)19(24)21-17-12-16(8-9-18(17)23)28(25,26)22-10-2-3-11-22/h4-9,12-13,23H,2-3,10-11H2,1H3,(H,21,24). The minimum Gasteiger partial charge on any atom is -0.506 e. The third kappa shape index (κ3) is 4.81. The van der Waals surface area contributed by atoms with Crippen molar-refractivity contribution in [1.29, 1.82) is 0 Å². The molecule has 28 heavy (non-hydrogen) atoms. The van der Waals surface area contributed by atoms with Crippen LogP contribution in [0, 0.1) is 0 Å². The van der Waals surface area contributed by atoms with Gasteiger partial charge in [-0.3, -0.25) is 4.79 Å². The summed E-state index contributed by atoms with van der Waals surface area (Å²) >= 11 is 7.20. The number of benzene rings is 2. The van der Waals surface area contributed by atoms with Gasteiger partial charge in [-0.15, -0.1) is 11.8 Å². The number of rotatable bonds is 6. The van der Waals surface area contributed by atoms with Crippen molar-refractivity contribution in [2.24, 2.45) is 0 Å². The number of aromatic hydroxyl groups is 1. The number of thioether (sulfide) groups is 1. The molecule has 0 spiro atoms. The molecule has 2 aromatic carbocycles. The minimum atomic E-state index is -3.63. The van der Waals surface area contributed by atoms with Crippen LogP contribution in [-0.4, -0.2) is 42.1 Å². The van der Waals surface area contributed by atoms with Crippen LogP contribution in [0.4, 0.5) is 5.69 Å². The fourth-order valence-electron chi connectivity index (χ4n) is 2.86. The fourth-order valence-corrected chi connectivity index (χ4v) is 5.40. The molecule has 1 aliphatic heterocycles. The van der Waals surface area contributed by atoms with Crippen LogP contribution in [0.15, 0.2) is 52.3 Å². The summed E-state index contributed by atoms with van der Waals surface area (Å²) < 4.78 is 26.8. The highest BCUT2D eigenvalue weighted by molar-refractivity contribution is 8.00. The SMILES string of the molecule is CC(Sc1ccc(Cl)cc1)C(=O)Nc1cc(S(=O)(=O)N2CCCC2)ccc1O. The van der Waals surface area contributed by atoms with E-state index in [0.29, 0.717) is 18.1 Å². The van der Waals surface area contributed by atoms with E-state index in [4.69, 9.17) is 11.6 Å². The molecule has 3 rings (SSSR count). The third-order valence-electron chi connectivity index (χ3n) is 4.42. The number of carbonyl (C=O) groups is 1. The molecule has 1 amide bonds. The Morgan fingerprint density at radius 2 is 1.82 bits per heavy atom. The number of carbonyl (C=O) groups excluding carboxylic acids is 1. The predicted molar refractivity (Wildman–Crippen MR) is 112 cm³/mol. The maximum Gasteiger partial charge on any atom is 0.243 e. The molecular formula is C19H21ClN2O4S2. The first-order chi connectivity index (χ1) is 13.3. The molecule has 2 N–H and O–H groups in total. The Labute approximate surface area is 173 Å². The zero-order valence-electron chi connectivity index (χ0n) is 15.3. The Morgan fingerprint density at radius 3 is 2.46 bits per heavy atom. The lowest BCUT2D eigenvalue weighted by atomic mass is 10.3. The van der Waals surface area contributed by atoms with Crippen LogP contribution >= 0.6 is 23.4 Å². The Morgan fingerprint density at radius 1 is 1.18 bits per heavy atom. The summed E-state index contributed by atoms with van der Waals surface area (Å²) in [6.07, 6.45) is 1.67. The molecule has 1 unspecified atom stereocenters. The van der Waals surface area contributed by atoms with Gasteiger partial charge in [0, 0.05) is 23.0 Å². The van der Waals surface area contributed by atoms with Crippen LogP contribution in [-0.2, 0) is 14.8 Å². The third-order valence-corrected chi connectivity index (χ3v) is 7.68. The maximum absolute atomic E-state index is 12.7. The number of nitrogens with zero attached hydrogens (tertiary/aromatic N) is 1. The number of nitrogens with one attached hydrogen (secondary N) is 1. The van der Waals surface area contributed by atoms with Gasteiger partial charge in [0.1, 0.15) is 5.75 Å². The topological polar surface area (TPSA) is 86.7 Å². The number of anilines is 1. The highest BCUT2D eigenvalue weighted by Crippen LogP contribution is 2.31. The zero-order valence-corrected chi connectivity index (χ0v) is 17.6. The first-order valence-corrected chi connectivity index (χ1v) is 11.5. The summed E-state index contributed by atoms with van der Waals surface area (Å²) in [5, 5.41) is 12.9. The minimum absolute atomic E-state index is 0.0560. The van der Waals surface area contributed by atoms with Gasteiger partial charge in [-0.1, -0.05) is 11.6 Å². The van der Waals surface area contributed by atoms with E-state index < -0.39 is 15.3 Å². The Hall–Kier alpha value is -1.74. The number of phenols is 1. The van der Waals surface area contributed by atoms with Gasteiger partial charge >= 0.3 is 0 Å². The number of sulfonamides is 1. The van der Waals surface area contributed by atoms with E-state index in [0.717, 1.165) is 17.7 Å². The number of phenolic OH excluding ortho intramolecular Hbond substituents is 1. The zero-order chi connectivity index (χ0) is 20.3. The summed E-state index contributed by atoms with van der Waals surface area (Å²) in [6.45, 7) is 2.70. The molecule has 1 fully saturated rings. The van der Waals surface area contributed by atoms with Crippen LogP contribution in [0.2, 0.25) is 5.02 Å². The van der Waals surface area contributed by atoms with Gasteiger partial charge in [-0.05, 0) is 62.2 Å². The number of amides is 1. The molecule has 1 atom stereocenters. The van der Waals surface area contributed by atoms with Gasteiger partial charge in [-0.2, -0.15) is 4.31 Å². The summed E-state index contributed by atoms with van der Waals surface area (Å²) in [7, 11) is -3.63. The normalized spacial score (nSPS) is 16.1. The highest BCUT2D eigenvalue weighted by atomic mass is 35.5. The van der Waals surface area contributed by atoms with Gasteiger partial charge < -0.3 is 10.4 Å². The maximum atomic E-state index is 12.7. The van der Waals surface area contributed by atoms with E-state index in [-0.39, 0.29) is 22.2 Å². The highest BCUT2D eigenvalue weighted by Gasteiger charge is 2.28. The van der Waals surface area contributed by atoms with Crippen LogP contribution in [0.3, 0.4) is 0 Å². The molecule has 9 heteroatoms. The molecule has 0 aliphatic carbocycles. The summed E-state index contributed by atoms with van der Waals surface area (Å²) in [6, 6.07) is 11.1. The molecule has 6 nitrogen and oxygen atoms in total. The first kappa shape index (κ1) is 21.0. The van der Waals surface area contributed by atoms with Crippen molar-refractivity contribution < 1.29 is 18.3 Å². The Kier molecular flexibility index (Phi) is 6.54. The van der Waals surface area contributed by atoms with Crippen LogP contribution < -0.4 is 5.32 Å². The summed E-state index contributed by atoms with van der Waals surface area (Å²) in [5.74, 6) is -0.525. The lowest BCUT2D eigenvalue weighted by molar-refractivity contribution is -0.115. The average molecular weight is 441 g/mol. The van der Waals surface area contributed by atoms with E-state index in [1.807, 2.05) is 12.1 Å². The Bertz CT molecular complexity index is 958. The first-order valence-electron chi connectivity index (χ1n) is 8.83. The molecule has 2 aromatic rings. The van der Waals surface area contributed by atoms with Crippen LogP contribution in [0.5, 0.6) is 5.75 Å². The van der Waals surface area contributed by atoms with Crippen LogP contribution in [0.1, 0.15) is 19.8 Å². The second-order valence-electron chi connectivity index (χ2n) is 6.49.